The number of fused-ring (bicyclic) bond motifs is 3. The molecule has 0 unspecified atom stereocenters. The van der Waals surface area contributed by atoms with Gasteiger partial charge in [-0.2, -0.15) is 0 Å². The zero-order chi connectivity index (χ0) is 51.8. The van der Waals surface area contributed by atoms with Gasteiger partial charge in [-0.05, 0) is 148 Å². The van der Waals surface area contributed by atoms with Gasteiger partial charge in [0.1, 0.15) is 0 Å². The lowest BCUT2D eigenvalue weighted by Gasteiger charge is -2.33. The van der Waals surface area contributed by atoms with E-state index in [1.54, 1.807) is 0 Å². The van der Waals surface area contributed by atoms with Crippen molar-refractivity contribution in [2.24, 2.45) is 0 Å². The lowest BCUT2D eigenvalue weighted by molar-refractivity contribution is 0.569. The van der Waals surface area contributed by atoms with Crippen molar-refractivity contribution < 1.29 is 0 Å². The fourth-order valence-corrected chi connectivity index (χ4v) is 11.0. The highest BCUT2D eigenvalue weighted by Gasteiger charge is 2.29. The summed E-state index contributed by atoms with van der Waals surface area (Å²) in [6, 6.07) is 57.3. The highest BCUT2D eigenvalue weighted by Crippen LogP contribution is 2.50. The molecular weight excluding hydrogens is 869 g/mol. The Bertz CT molecular complexity index is 3610. The maximum Gasteiger partial charge on any atom is 0.0543 e. The van der Waals surface area contributed by atoms with E-state index in [2.05, 4.69) is 280 Å². The molecule has 72 heavy (non-hydrogen) atoms. The Labute approximate surface area is 431 Å². The van der Waals surface area contributed by atoms with Crippen LogP contribution in [0.2, 0.25) is 0 Å². The Balaban J connectivity index is 1.28. The van der Waals surface area contributed by atoms with Crippen LogP contribution in [-0.4, -0.2) is 4.57 Å². The minimum atomic E-state index is -0.0760. The van der Waals surface area contributed by atoms with Crippen molar-refractivity contribution in [3.63, 3.8) is 0 Å². The molecule has 2 heteroatoms. The minimum absolute atomic E-state index is 0.0161. The summed E-state index contributed by atoms with van der Waals surface area (Å²) in [6.45, 7) is 41.9. The van der Waals surface area contributed by atoms with Crippen molar-refractivity contribution in [3.8, 4) is 16.8 Å². The third-order valence-corrected chi connectivity index (χ3v) is 15.7. The van der Waals surface area contributed by atoms with Crippen molar-refractivity contribution in [3.05, 3.63) is 179 Å². The number of rotatable bonds is 5. The SMILES string of the molecule is CC(C)(C)c1ccc(N(c2cc(C(C)(C)C)ccc2-c2cc(C(C)(C)C)cc(C(C)(C)C)c2)c2ccc3ccc4c(-n5c6ccc(C(C)(C)C)cc6c6cc(C(C)(C)C)ccc65)ccc5ccc2c3c54)cc1. The molecule has 10 aromatic rings. The van der Waals surface area contributed by atoms with E-state index in [-0.39, 0.29) is 32.5 Å². The zero-order valence-electron chi connectivity index (χ0n) is 46.8. The van der Waals surface area contributed by atoms with Crippen LogP contribution in [0.25, 0.3) is 70.9 Å². The predicted molar refractivity (Wildman–Crippen MR) is 317 cm³/mol. The molecule has 10 rings (SSSR count). The van der Waals surface area contributed by atoms with Crippen LogP contribution in [0.15, 0.2) is 146 Å². The van der Waals surface area contributed by atoms with Crippen molar-refractivity contribution >= 4 is 71.2 Å². The highest BCUT2D eigenvalue weighted by atomic mass is 15.1. The smallest absolute Gasteiger partial charge is 0.0543 e. The summed E-state index contributed by atoms with van der Waals surface area (Å²) in [5, 5.41) is 10.2. The summed E-state index contributed by atoms with van der Waals surface area (Å²) in [4.78, 5) is 2.58. The van der Waals surface area contributed by atoms with Gasteiger partial charge in [0.15, 0.2) is 0 Å². The standard InChI is InChI=1S/C70H78N2/c1-65(2,3)46-23-28-52(29-24-46)71(62-42-49(68(10,11)12)25-32-53(62)45-37-50(69(13,14)15)39-51(38-45)70(16,17)18)58-33-21-43-20-31-55-59(34-22-44-19-30-54(58)63(43)64(44)55)72-60-35-26-47(66(4,5)6)40-56(60)57-41-48(67(7,8)9)27-36-61(57)72/h19-42H,1-18H3. The van der Waals surface area contributed by atoms with E-state index in [0.29, 0.717) is 0 Å². The van der Waals surface area contributed by atoms with Crippen LogP contribution >= 0.6 is 0 Å². The van der Waals surface area contributed by atoms with Crippen molar-refractivity contribution in [1.82, 2.24) is 4.57 Å². The van der Waals surface area contributed by atoms with Crippen LogP contribution in [0.1, 0.15) is 158 Å². The van der Waals surface area contributed by atoms with E-state index in [1.165, 1.54) is 116 Å². The Hall–Kier alpha value is -6.38. The average Bonchev–Trinajstić information content (AvgIpc) is 3.62. The Morgan fingerprint density at radius 2 is 0.722 bits per heavy atom. The third kappa shape index (κ3) is 8.57. The second kappa shape index (κ2) is 16.6. The van der Waals surface area contributed by atoms with E-state index < -0.39 is 0 Å². The molecule has 0 spiro atoms. The maximum atomic E-state index is 2.58. The summed E-state index contributed by atoms with van der Waals surface area (Å²) in [5.41, 5.74) is 17.6. The molecule has 0 radical (unpaired) electrons. The highest BCUT2D eigenvalue weighted by molar-refractivity contribution is 6.27. The molecule has 0 saturated heterocycles. The second-order valence-electron chi connectivity index (χ2n) is 27.3. The Morgan fingerprint density at radius 3 is 1.22 bits per heavy atom. The Kier molecular flexibility index (Phi) is 11.3. The van der Waals surface area contributed by atoms with Crippen LogP contribution in [0.5, 0.6) is 0 Å². The number of nitrogens with zero attached hydrogens (tertiary/aromatic N) is 2. The molecule has 0 fully saturated rings. The van der Waals surface area contributed by atoms with Gasteiger partial charge in [-0.15, -0.1) is 0 Å². The second-order valence-corrected chi connectivity index (χ2v) is 27.3. The Morgan fingerprint density at radius 1 is 0.306 bits per heavy atom. The van der Waals surface area contributed by atoms with Crippen LogP contribution in [-0.2, 0) is 32.5 Å². The van der Waals surface area contributed by atoms with Crippen molar-refractivity contribution in [2.75, 3.05) is 4.90 Å². The molecule has 1 heterocycles. The molecule has 0 aliphatic rings. The van der Waals surface area contributed by atoms with Gasteiger partial charge >= 0.3 is 0 Å². The van der Waals surface area contributed by atoms with E-state index >= 15 is 0 Å². The lowest BCUT2D eigenvalue weighted by Crippen LogP contribution is -2.18. The van der Waals surface area contributed by atoms with Gasteiger partial charge < -0.3 is 9.47 Å². The number of anilines is 3. The third-order valence-electron chi connectivity index (χ3n) is 15.7. The largest absolute Gasteiger partial charge is 0.309 e. The predicted octanol–water partition coefficient (Wildman–Crippen LogP) is 20.6. The van der Waals surface area contributed by atoms with E-state index in [0.717, 1.165) is 5.69 Å². The quantitative estimate of drug-likeness (QED) is 0.156. The molecule has 0 aliphatic carbocycles. The van der Waals surface area contributed by atoms with E-state index in [9.17, 15) is 0 Å². The first kappa shape index (κ1) is 49.2. The summed E-state index contributed by atoms with van der Waals surface area (Å²) in [6.07, 6.45) is 0. The molecule has 9 aromatic carbocycles. The normalized spacial score (nSPS) is 13.4. The lowest BCUT2D eigenvalue weighted by atomic mass is 9.78. The molecule has 0 saturated carbocycles. The van der Waals surface area contributed by atoms with Gasteiger partial charge in [0.2, 0.25) is 0 Å². The van der Waals surface area contributed by atoms with Gasteiger partial charge in [0, 0.05) is 32.8 Å². The molecule has 0 N–H and O–H groups in total. The van der Waals surface area contributed by atoms with Gasteiger partial charge in [0.05, 0.1) is 28.1 Å². The molecule has 2 nitrogen and oxygen atoms in total. The van der Waals surface area contributed by atoms with E-state index in [4.69, 9.17) is 0 Å². The first-order valence-corrected chi connectivity index (χ1v) is 26.5. The fraction of sp³-hybridized carbons (Fsp3) is 0.343. The van der Waals surface area contributed by atoms with Gasteiger partial charge in [-0.3, -0.25) is 0 Å². The van der Waals surface area contributed by atoms with Crippen molar-refractivity contribution in [1.29, 1.82) is 0 Å². The van der Waals surface area contributed by atoms with E-state index in [1.807, 2.05) is 0 Å². The first-order chi connectivity index (χ1) is 33.5. The molecule has 368 valence electrons. The summed E-state index contributed by atoms with van der Waals surface area (Å²) in [5.74, 6) is 0. The molecule has 0 aliphatic heterocycles. The number of aromatic nitrogens is 1. The summed E-state index contributed by atoms with van der Waals surface area (Å²) < 4.78 is 2.54. The topological polar surface area (TPSA) is 8.17 Å². The molecule has 0 atom stereocenters. The molecular formula is C70H78N2. The first-order valence-electron chi connectivity index (χ1n) is 26.5. The monoisotopic (exact) mass is 947 g/mol. The van der Waals surface area contributed by atoms with Crippen LogP contribution in [0.3, 0.4) is 0 Å². The summed E-state index contributed by atoms with van der Waals surface area (Å²) >= 11 is 0. The number of benzene rings is 9. The summed E-state index contributed by atoms with van der Waals surface area (Å²) in [7, 11) is 0. The van der Waals surface area contributed by atoms with Crippen LogP contribution in [0, 0.1) is 0 Å². The number of hydrogen-bond donors (Lipinski definition) is 0. The van der Waals surface area contributed by atoms with Gasteiger partial charge in [-0.25, -0.2) is 0 Å². The molecule has 1 aromatic heterocycles. The van der Waals surface area contributed by atoms with Gasteiger partial charge in [0.25, 0.3) is 0 Å². The zero-order valence-corrected chi connectivity index (χ0v) is 46.8. The number of hydrogen-bond acceptors (Lipinski definition) is 1. The fourth-order valence-electron chi connectivity index (χ4n) is 11.0. The van der Waals surface area contributed by atoms with Crippen LogP contribution in [0.4, 0.5) is 17.1 Å². The van der Waals surface area contributed by atoms with Crippen molar-refractivity contribution in [2.45, 2.75) is 157 Å². The molecule has 0 amide bonds. The maximum absolute atomic E-state index is 2.58. The average molecular weight is 947 g/mol. The van der Waals surface area contributed by atoms with Crippen LogP contribution < -0.4 is 4.90 Å². The minimum Gasteiger partial charge on any atom is -0.309 e. The van der Waals surface area contributed by atoms with Gasteiger partial charge in [-0.1, -0.05) is 216 Å². The molecule has 0 bridgehead atoms.